The third-order valence-electron chi connectivity index (χ3n) is 2.80. The minimum atomic E-state index is -0.742. The number of amides is 1. The number of halogens is 1. The number of rotatable bonds is 4. The second-order valence-electron chi connectivity index (χ2n) is 4.36. The molecule has 0 saturated carbocycles. The van der Waals surface area contributed by atoms with Crippen LogP contribution in [0.4, 0.5) is 4.39 Å². The average Bonchev–Trinajstić information content (AvgIpc) is 2.41. The van der Waals surface area contributed by atoms with Gasteiger partial charge in [-0.15, -0.1) is 0 Å². The van der Waals surface area contributed by atoms with Gasteiger partial charge in [0.1, 0.15) is 5.75 Å². The van der Waals surface area contributed by atoms with Gasteiger partial charge in [0.05, 0.1) is 6.10 Å². The lowest BCUT2D eigenvalue weighted by molar-refractivity contribution is 0.100. The van der Waals surface area contributed by atoms with E-state index in [1.165, 1.54) is 36.4 Å². The Kier molecular flexibility index (Phi) is 4.00. The first-order valence-electron chi connectivity index (χ1n) is 6.02. The highest BCUT2D eigenvalue weighted by molar-refractivity contribution is 5.92. The van der Waals surface area contributed by atoms with Crippen LogP contribution in [0.25, 0.3) is 0 Å². The van der Waals surface area contributed by atoms with Gasteiger partial charge in [-0.3, -0.25) is 4.79 Å². The molecule has 0 aliphatic heterocycles. The zero-order chi connectivity index (χ0) is 14.7. The van der Waals surface area contributed by atoms with E-state index in [0.717, 1.165) is 0 Å². The molecular weight excluding hydrogens is 261 g/mol. The number of primary amides is 1. The number of carbonyl (C=O) groups is 1. The van der Waals surface area contributed by atoms with Crippen LogP contribution >= 0.6 is 0 Å². The molecule has 0 spiro atoms. The van der Waals surface area contributed by atoms with E-state index in [0.29, 0.717) is 16.9 Å². The van der Waals surface area contributed by atoms with Crippen LogP contribution in [0.5, 0.6) is 11.5 Å². The topological polar surface area (TPSA) is 72.6 Å². The van der Waals surface area contributed by atoms with Crippen molar-refractivity contribution >= 4 is 5.91 Å². The summed E-state index contributed by atoms with van der Waals surface area (Å²) >= 11 is 0. The monoisotopic (exact) mass is 275 g/mol. The number of hydrogen-bond acceptors (Lipinski definition) is 3. The standard InChI is InChI=1S/C15H14FNO3/c1-9(18)11-4-7-14(13(16)8-11)20-12-5-2-10(3-6-12)15(17)19/h2-9,18H,1H3,(H2,17,19)/t9-/m0/s1. The van der Waals surface area contributed by atoms with Gasteiger partial charge < -0.3 is 15.6 Å². The summed E-state index contributed by atoms with van der Waals surface area (Å²) in [6, 6.07) is 10.3. The van der Waals surface area contributed by atoms with Crippen LogP contribution in [0.3, 0.4) is 0 Å². The smallest absolute Gasteiger partial charge is 0.248 e. The van der Waals surface area contributed by atoms with Crippen LogP contribution in [-0.2, 0) is 0 Å². The van der Waals surface area contributed by atoms with E-state index < -0.39 is 17.8 Å². The van der Waals surface area contributed by atoms with Gasteiger partial charge in [-0.2, -0.15) is 0 Å². The number of hydrogen-bond donors (Lipinski definition) is 2. The van der Waals surface area contributed by atoms with Gasteiger partial charge in [-0.25, -0.2) is 4.39 Å². The van der Waals surface area contributed by atoms with E-state index in [4.69, 9.17) is 10.5 Å². The number of benzene rings is 2. The van der Waals surface area contributed by atoms with Gasteiger partial charge in [0.15, 0.2) is 11.6 Å². The zero-order valence-corrected chi connectivity index (χ0v) is 10.8. The molecule has 0 heterocycles. The van der Waals surface area contributed by atoms with E-state index in [-0.39, 0.29) is 5.75 Å². The Bertz CT molecular complexity index is 624. The molecule has 1 amide bonds. The van der Waals surface area contributed by atoms with Gasteiger partial charge in [0.25, 0.3) is 0 Å². The second-order valence-corrected chi connectivity index (χ2v) is 4.36. The lowest BCUT2D eigenvalue weighted by atomic mass is 10.1. The number of aliphatic hydroxyl groups is 1. The maximum absolute atomic E-state index is 13.8. The summed E-state index contributed by atoms with van der Waals surface area (Å²) in [4.78, 5) is 10.9. The predicted molar refractivity (Wildman–Crippen MR) is 72.1 cm³/mol. The zero-order valence-electron chi connectivity index (χ0n) is 10.8. The molecule has 5 heteroatoms. The van der Waals surface area contributed by atoms with Crippen molar-refractivity contribution in [2.24, 2.45) is 5.73 Å². The maximum atomic E-state index is 13.8. The first-order chi connectivity index (χ1) is 9.47. The van der Waals surface area contributed by atoms with Crippen LogP contribution in [0.1, 0.15) is 28.9 Å². The van der Waals surface area contributed by atoms with Crippen LogP contribution in [0.2, 0.25) is 0 Å². The molecule has 1 atom stereocenters. The molecule has 3 N–H and O–H groups in total. The Labute approximate surface area is 115 Å². The molecule has 0 radical (unpaired) electrons. The van der Waals surface area contributed by atoms with Gasteiger partial charge in [-0.1, -0.05) is 6.07 Å². The van der Waals surface area contributed by atoms with Crippen molar-refractivity contribution in [3.63, 3.8) is 0 Å². The lowest BCUT2D eigenvalue weighted by Gasteiger charge is -2.10. The van der Waals surface area contributed by atoms with Gasteiger partial charge in [0.2, 0.25) is 5.91 Å². The Balaban J connectivity index is 2.19. The molecule has 2 aromatic rings. The van der Waals surface area contributed by atoms with Crippen molar-refractivity contribution in [1.82, 2.24) is 0 Å². The summed E-state index contributed by atoms with van der Waals surface area (Å²) in [7, 11) is 0. The first-order valence-corrected chi connectivity index (χ1v) is 6.02. The highest BCUT2D eigenvalue weighted by Gasteiger charge is 2.09. The summed E-state index contributed by atoms with van der Waals surface area (Å²) < 4.78 is 19.2. The highest BCUT2D eigenvalue weighted by atomic mass is 19.1. The minimum Gasteiger partial charge on any atom is -0.454 e. The van der Waals surface area contributed by atoms with Crippen molar-refractivity contribution in [2.75, 3.05) is 0 Å². The van der Waals surface area contributed by atoms with E-state index in [9.17, 15) is 14.3 Å². The average molecular weight is 275 g/mol. The summed E-state index contributed by atoms with van der Waals surface area (Å²) in [5.74, 6) is -0.675. The molecule has 20 heavy (non-hydrogen) atoms. The minimum absolute atomic E-state index is 0.0428. The molecule has 0 fully saturated rings. The van der Waals surface area contributed by atoms with Crippen LogP contribution in [0.15, 0.2) is 42.5 Å². The Morgan fingerprint density at radius 3 is 2.40 bits per heavy atom. The summed E-state index contributed by atoms with van der Waals surface area (Å²) in [6.07, 6.45) is -0.742. The van der Waals surface area contributed by atoms with Gasteiger partial charge in [0, 0.05) is 5.56 Å². The fourth-order valence-corrected chi connectivity index (χ4v) is 1.67. The normalized spacial score (nSPS) is 11.9. The Morgan fingerprint density at radius 1 is 1.25 bits per heavy atom. The molecule has 0 aromatic heterocycles. The molecule has 0 saturated heterocycles. The van der Waals surface area contributed by atoms with Crippen LogP contribution < -0.4 is 10.5 Å². The molecule has 2 aromatic carbocycles. The summed E-state index contributed by atoms with van der Waals surface area (Å²) in [6.45, 7) is 1.55. The number of ether oxygens (including phenoxy) is 1. The molecular formula is C15H14FNO3. The predicted octanol–water partition coefficient (Wildman–Crippen LogP) is 2.77. The fraction of sp³-hybridized carbons (Fsp3) is 0.133. The van der Waals surface area contributed by atoms with E-state index >= 15 is 0 Å². The lowest BCUT2D eigenvalue weighted by Crippen LogP contribution is -2.10. The third-order valence-corrected chi connectivity index (χ3v) is 2.80. The molecule has 0 aliphatic rings. The van der Waals surface area contributed by atoms with Gasteiger partial charge >= 0.3 is 0 Å². The SMILES string of the molecule is C[C@H](O)c1ccc(Oc2ccc(C(N)=O)cc2)c(F)c1. The van der Waals surface area contributed by atoms with Crippen molar-refractivity contribution < 1.29 is 19.0 Å². The molecule has 0 bridgehead atoms. The second kappa shape index (κ2) is 5.71. The first kappa shape index (κ1) is 14.0. The Hall–Kier alpha value is -2.40. The van der Waals surface area contributed by atoms with E-state index in [1.54, 1.807) is 13.0 Å². The van der Waals surface area contributed by atoms with E-state index in [1.807, 2.05) is 0 Å². The number of aliphatic hydroxyl groups excluding tert-OH is 1. The van der Waals surface area contributed by atoms with Crippen molar-refractivity contribution in [2.45, 2.75) is 13.0 Å². The molecule has 0 unspecified atom stereocenters. The molecule has 4 nitrogen and oxygen atoms in total. The Morgan fingerprint density at radius 2 is 1.90 bits per heavy atom. The molecule has 2 rings (SSSR count). The van der Waals surface area contributed by atoms with Crippen LogP contribution in [-0.4, -0.2) is 11.0 Å². The van der Waals surface area contributed by atoms with Crippen molar-refractivity contribution in [3.05, 3.63) is 59.4 Å². The molecule has 104 valence electrons. The van der Waals surface area contributed by atoms with Crippen molar-refractivity contribution in [1.29, 1.82) is 0 Å². The summed E-state index contributed by atoms with van der Waals surface area (Å²) in [5.41, 5.74) is 5.94. The van der Waals surface area contributed by atoms with Gasteiger partial charge in [-0.05, 0) is 48.9 Å². The quantitative estimate of drug-likeness (QED) is 0.901. The number of carbonyl (C=O) groups excluding carboxylic acids is 1. The molecule has 0 aliphatic carbocycles. The summed E-state index contributed by atoms with van der Waals surface area (Å²) in [5, 5.41) is 9.36. The van der Waals surface area contributed by atoms with Crippen LogP contribution in [0, 0.1) is 5.82 Å². The maximum Gasteiger partial charge on any atom is 0.248 e. The van der Waals surface area contributed by atoms with E-state index in [2.05, 4.69) is 0 Å². The third kappa shape index (κ3) is 3.13. The number of nitrogens with two attached hydrogens (primary N) is 1. The van der Waals surface area contributed by atoms with Crippen molar-refractivity contribution in [3.8, 4) is 11.5 Å². The highest BCUT2D eigenvalue weighted by Crippen LogP contribution is 2.27. The largest absolute Gasteiger partial charge is 0.454 e. The fourth-order valence-electron chi connectivity index (χ4n) is 1.67.